The van der Waals surface area contributed by atoms with Crippen molar-refractivity contribution in [1.82, 2.24) is 0 Å². The minimum atomic E-state index is -6.96. The van der Waals surface area contributed by atoms with Gasteiger partial charge in [-0.2, -0.15) is 39.5 Å². The van der Waals surface area contributed by atoms with Crippen molar-refractivity contribution >= 4 is 5.97 Å². The molecule has 270 valence electrons. The Hall–Kier alpha value is -3.32. The number of aromatic hydroxyl groups is 2. The van der Waals surface area contributed by atoms with Gasteiger partial charge in [-0.05, 0) is 61.4 Å². The van der Waals surface area contributed by atoms with Crippen LogP contribution >= 0.6 is 0 Å². The fourth-order valence-corrected chi connectivity index (χ4v) is 6.58. The van der Waals surface area contributed by atoms with Crippen LogP contribution in [0.5, 0.6) is 17.2 Å². The van der Waals surface area contributed by atoms with E-state index in [1.54, 1.807) is 24.3 Å². The Labute approximate surface area is 273 Å². The molecule has 3 unspecified atom stereocenters. The molecule has 2 aromatic rings. The molecule has 0 saturated heterocycles. The van der Waals surface area contributed by atoms with E-state index >= 15 is 0 Å². The molecule has 0 aromatic heterocycles. The first-order valence-electron chi connectivity index (χ1n) is 16.0. The molecule has 0 amide bonds. The van der Waals surface area contributed by atoms with Crippen LogP contribution in [0.1, 0.15) is 101 Å². The lowest BCUT2D eigenvalue weighted by Gasteiger charge is -2.45. The van der Waals surface area contributed by atoms with Crippen LogP contribution in [0.2, 0.25) is 0 Å². The summed E-state index contributed by atoms with van der Waals surface area (Å²) in [4.78, 5) is 11.6. The van der Waals surface area contributed by atoms with Gasteiger partial charge in [-0.25, -0.2) is 0 Å². The normalized spacial score (nSPS) is 19.4. The van der Waals surface area contributed by atoms with E-state index < -0.39 is 55.1 Å². The highest BCUT2D eigenvalue weighted by Crippen LogP contribution is 2.55. The highest BCUT2D eigenvalue weighted by atomic mass is 19.4. The van der Waals surface area contributed by atoms with Crippen molar-refractivity contribution in [2.45, 2.75) is 119 Å². The molecule has 0 spiro atoms. The quantitative estimate of drug-likeness (QED) is 0.106. The molecule has 1 heterocycles. The number of benzene rings is 2. The number of hydrogen-bond acceptors (Lipinski definition) is 4. The number of phenolic OH excluding ortho intramolecular Hbond substituents is 2. The predicted octanol–water partition coefficient (Wildman–Crippen LogP) is 10.4. The Morgan fingerprint density at radius 2 is 1.38 bits per heavy atom. The van der Waals surface area contributed by atoms with Gasteiger partial charge in [0.1, 0.15) is 17.2 Å². The largest absolute Gasteiger partial charge is 0.508 e. The topological polar surface area (TPSA) is 87.0 Å². The predicted molar refractivity (Wildman–Crippen MR) is 159 cm³/mol. The standard InChI is InChI=1S/C34H41F9O5/c1-2-30(23-13-15-24(44)16-14-23)21-48-28-20-25(45)17-18-26(28)27(30)12-8-6-4-3-5-7-10-22(29(46)47)11-9-19-31(35,36)32(37,38)33(39,40)34(41,42)43/h13-18,20,22,27,44-45H,2-12,19,21H2,1H3,(H,46,47). The van der Waals surface area contributed by atoms with Crippen molar-refractivity contribution in [3.8, 4) is 17.2 Å². The number of halogens is 9. The summed E-state index contributed by atoms with van der Waals surface area (Å²) in [5.74, 6) is -21.1. The Bertz CT molecular complexity index is 1350. The fraction of sp³-hybridized carbons (Fsp3) is 0.618. The molecular formula is C34H41F9O5. The summed E-state index contributed by atoms with van der Waals surface area (Å²) in [6, 6.07) is 12.1. The van der Waals surface area contributed by atoms with Gasteiger partial charge in [-0.1, -0.05) is 63.6 Å². The van der Waals surface area contributed by atoms with E-state index in [0.717, 1.165) is 49.7 Å². The first-order valence-corrected chi connectivity index (χ1v) is 16.0. The average Bonchev–Trinajstić information content (AvgIpc) is 3.00. The lowest BCUT2D eigenvalue weighted by molar-refractivity contribution is -0.396. The number of phenols is 2. The Morgan fingerprint density at radius 3 is 1.96 bits per heavy atom. The summed E-state index contributed by atoms with van der Waals surface area (Å²) < 4.78 is 124. The van der Waals surface area contributed by atoms with Gasteiger partial charge in [0.25, 0.3) is 0 Å². The molecule has 0 aliphatic carbocycles. The third kappa shape index (κ3) is 8.45. The second kappa shape index (κ2) is 15.5. The number of ether oxygens (including phenoxy) is 1. The molecule has 3 rings (SSSR count). The van der Waals surface area contributed by atoms with Crippen molar-refractivity contribution in [3.63, 3.8) is 0 Å². The number of aliphatic carboxylic acids is 1. The second-order valence-electron chi connectivity index (χ2n) is 12.6. The van der Waals surface area contributed by atoms with Crippen LogP contribution in [0.25, 0.3) is 0 Å². The minimum absolute atomic E-state index is 0.00730. The number of fused-ring (bicyclic) bond motifs is 1. The van der Waals surface area contributed by atoms with Crippen LogP contribution in [0.15, 0.2) is 42.5 Å². The third-order valence-corrected chi connectivity index (χ3v) is 9.50. The number of hydrogen-bond donors (Lipinski definition) is 3. The highest BCUT2D eigenvalue weighted by Gasteiger charge is 2.81. The Morgan fingerprint density at radius 1 is 0.812 bits per heavy atom. The smallest absolute Gasteiger partial charge is 0.460 e. The van der Waals surface area contributed by atoms with E-state index in [4.69, 9.17) is 4.74 Å². The van der Waals surface area contributed by atoms with Gasteiger partial charge < -0.3 is 20.1 Å². The van der Waals surface area contributed by atoms with E-state index in [2.05, 4.69) is 6.92 Å². The van der Waals surface area contributed by atoms with Crippen LogP contribution in [0, 0.1) is 5.92 Å². The van der Waals surface area contributed by atoms with E-state index in [0.29, 0.717) is 25.2 Å². The molecule has 3 atom stereocenters. The van der Waals surface area contributed by atoms with Gasteiger partial charge in [-0.15, -0.1) is 0 Å². The van der Waals surface area contributed by atoms with Crippen molar-refractivity contribution in [2.75, 3.05) is 6.61 Å². The zero-order valence-corrected chi connectivity index (χ0v) is 26.4. The molecule has 0 fully saturated rings. The summed E-state index contributed by atoms with van der Waals surface area (Å²) >= 11 is 0. The van der Waals surface area contributed by atoms with Crippen molar-refractivity contribution in [1.29, 1.82) is 0 Å². The summed E-state index contributed by atoms with van der Waals surface area (Å²) in [5.41, 5.74) is 1.63. The first-order chi connectivity index (χ1) is 22.3. The molecule has 0 saturated carbocycles. The second-order valence-corrected chi connectivity index (χ2v) is 12.6. The van der Waals surface area contributed by atoms with E-state index in [1.807, 2.05) is 18.2 Å². The van der Waals surface area contributed by atoms with Gasteiger partial charge in [0.2, 0.25) is 0 Å². The lowest BCUT2D eigenvalue weighted by atomic mass is 9.63. The molecule has 0 radical (unpaired) electrons. The number of carboxylic acids is 1. The van der Waals surface area contributed by atoms with Crippen molar-refractivity contribution in [3.05, 3.63) is 53.6 Å². The van der Waals surface area contributed by atoms with Crippen molar-refractivity contribution in [2.24, 2.45) is 5.92 Å². The molecule has 3 N–H and O–H groups in total. The zero-order chi connectivity index (χ0) is 36.0. The Kier molecular flexibility index (Phi) is 12.6. The lowest BCUT2D eigenvalue weighted by Crippen LogP contribution is -2.60. The van der Waals surface area contributed by atoms with Gasteiger partial charge in [0, 0.05) is 23.8 Å². The maximum atomic E-state index is 13.8. The van der Waals surface area contributed by atoms with Gasteiger partial charge in [-0.3, -0.25) is 4.79 Å². The maximum absolute atomic E-state index is 13.8. The molecule has 14 heteroatoms. The Balaban J connectivity index is 1.48. The van der Waals surface area contributed by atoms with Gasteiger partial charge >= 0.3 is 29.9 Å². The fourth-order valence-electron chi connectivity index (χ4n) is 6.58. The number of rotatable bonds is 18. The summed E-state index contributed by atoms with van der Waals surface area (Å²) in [6.45, 7) is 2.46. The SMILES string of the molecule is CCC1(c2ccc(O)cc2)COc2cc(O)ccc2C1CCCCCCCCC(CCCC(F)(F)C(F)(F)C(F)(F)C(F)(F)F)C(=O)O. The minimum Gasteiger partial charge on any atom is -0.508 e. The van der Waals surface area contributed by atoms with E-state index in [9.17, 15) is 59.6 Å². The van der Waals surface area contributed by atoms with Crippen molar-refractivity contribution < 1.29 is 64.4 Å². The maximum Gasteiger partial charge on any atom is 0.460 e. The van der Waals surface area contributed by atoms with Crippen LogP contribution < -0.4 is 4.74 Å². The summed E-state index contributed by atoms with van der Waals surface area (Å²) in [5, 5.41) is 29.2. The van der Waals surface area contributed by atoms with Crippen LogP contribution in [0.4, 0.5) is 39.5 Å². The first kappa shape index (κ1) is 39.1. The van der Waals surface area contributed by atoms with Crippen LogP contribution in [-0.2, 0) is 10.2 Å². The monoisotopic (exact) mass is 700 g/mol. The molecule has 0 bridgehead atoms. The number of carboxylic acid groups (broad SMARTS) is 1. The molecular weight excluding hydrogens is 659 g/mol. The summed E-state index contributed by atoms with van der Waals surface area (Å²) in [7, 11) is 0. The van der Waals surface area contributed by atoms with E-state index in [1.165, 1.54) is 0 Å². The van der Waals surface area contributed by atoms with Crippen LogP contribution in [-0.4, -0.2) is 51.8 Å². The molecule has 5 nitrogen and oxygen atoms in total. The van der Waals surface area contributed by atoms with Gasteiger partial charge in [0.15, 0.2) is 0 Å². The molecule has 48 heavy (non-hydrogen) atoms. The van der Waals surface area contributed by atoms with E-state index in [-0.39, 0.29) is 29.3 Å². The third-order valence-electron chi connectivity index (χ3n) is 9.50. The molecule has 1 aliphatic heterocycles. The van der Waals surface area contributed by atoms with Gasteiger partial charge in [0.05, 0.1) is 12.5 Å². The number of carbonyl (C=O) groups is 1. The highest BCUT2D eigenvalue weighted by molar-refractivity contribution is 5.69. The summed E-state index contributed by atoms with van der Waals surface area (Å²) in [6.07, 6.45) is -4.75. The number of unbranched alkanes of at least 4 members (excludes halogenated alkanes) is 5. The zero-order valence-electron chi connectivity index (χ0n) is 26.4. The van der Waals surface area contributed by atoms with Crippen LogP contribution in [0.3, 0.4) is 0 Å². The average molecular weight is 701 g/mol. The number of alkyl halides is 9. The molecule has 2 aromatic carbocycles. The molecule has 1 aliphatic rings.